The van der Waals surface area contributed by atoms with Crippen LogP contribution in [-0.2, 0) is 11.2 Å². The highest BCUT2D eigenvalue weighted by Crippen LogP contribution is 2.10. The molecule has 0 aliphatic heterocycles. The molecule has 0 aromatic carbocycles. The lowest BCUT2D eigenvalue weighted by Gasteiger charge is -2.08. The number of hydrogen-bond donors (Lipinski definition) is 2. The van der Waals surface area contributed by atoms with Crippen molar-refractivity contribution in [1.29, 1.82) is 5.41 Å². The molecule has 0 spiro atoms. The molecule has 1 aromatic heterocycles. The Bertz CT molecular complexity index is 382. The van der Waals surface area contributed by atoms with Crippen molar-refractivity contribution in [2.24, 2.45) is 0 Å². The maximum Gasteiger partial charge on any atom is 0.202 e. The molecule has 6 heteroatoms. The van der Waals surface area contributed by atoms with E-state index >= 15 is 0 Å². The lowest BCUT2D eigenvalue weighted by atomic mass is 10.2. The van der Waals surface area contributed by atoms with Gasteiger partial charge in [-0.15, -0.1) is 0 Å². The van der Waals surface area contributed by atoms with E-state index in [0.717, 1.165) is 0 Å². The van der Waals surface area contributed by atoms with Crippen LogP contribution < -0.4 is 9.47 Å². The van der Waals surface area contributed by atoms with Crippen LogP contribution in [0.4, 0.5) is 0 Å². The van der Waals surface area contributed by atoms with E-state index in [1.807, 2.05) is 0 Å². The van der Waals surface area contributed by atoms with Gasteiger partial charge in [0.15, 0.2) is 6.20 Å². The van der Waals surface area contributed by atoms with Gasteiger partial charge in [-0.2, -0.15) is 4.73 Å². The second kappa shape index (κ2) is 6.82. The zero-order valence-electron chi connectivity index (χ0n) is 9.68. The first kappa shape index (κ1) is 13.4. The number of aromatic nitrogens is 1. The van der Waals surface area contributed by atoms with Crippen LogP contribution in [-0.4, -0.2) is 37.7 Å². The van der Waals surface area contributed by atoms with Crippen LogP contribution >= 0.6 is 0 Å². The molecule has 94 valence electrons. The summed E-state index contributed by atoms with van der Waals surface area (Å²) in [5.74, 6) is 0.551. The number of hydrogen-bond acceptors (Lipinski definition) is 5. The second-order valence-electron chi connectivity index (χ2n) is 3.46. The lowest BCUT2D eigenvalue weighted by Crippen LogP contribution is -2.33. The summed E-state index contributed by atoms with van der Waals surface area (Å²) >= 11 is 0. The quantitative estimate of drug-likeness (QED) is 0.301. The van der Waals surface area contributed by atoms with E-state index < -0.39 is 0 Å². The first-order valence-electron chi connectivity index (χ1n) is 5.18. The Balaban J connectivity index is 2.68. The van der Waals surface area contributed by atoms with Gasteiger partial charge >= 0.3 is 0 Å². The van der Waals surface area contributed by atoms with Crippen molar-refractivity contribution in [1.82, 2.24) is 0 Å². The fourth-order valence-corrected chi connectivity index (χ4v) is 1.25. The second-order valence-corrected chi connectivity index (χ2v) is 3.46. The number of aliphatic hydroxyl groups is 1. The van der Waals surface area contributed by atoms with E-state index in [-0.39, 0.29) is 18.7 Å². The number of rotatable bonds is 7. The lowest BCUT2D eigenvalue weighted by molar-refractivity contribution is -0.613. The molecule has 0 aliphatic carbocycles. The Kier molecular flexibility index (Phi) is 5.38. The van der Waals surface area contributed by atoms with Crippen molar-refractivity contribution in [3.8, 4) is 5.75 Å². The Labute approximate surface area is 99.5 Å². The molecule has 0 saturated heterocycles. The van der Waals surface area contributed by atoms with Crippen molar-refractivity contribution in [2.45, 2.75) is 6.42 Å². The fraction of sp³-hybridized carbons (Fsp3) is 0.455. The Hall–Kier alpha value is -1.66. The summed E-state index contributed by atoms with van der Waals surface area (Å²) in [6, 6.07) is 3.11. The summed E-state index contributed by atoms with van der Waals surface area (Å²) in [5, 5.41) is 27.5. The van der Waals surface area contributed by atoms with Gasteiger partial charge in [0.1, 0.15) is 12.4 Å². The molecule has 0 unspecified atom stereocenters. The van der Waals surface area contributed by atoms with Crippen molar-refractivity contribution in [2.75, 3.05) is 26.9 Å². The van der Waals surface area contributed by atoms with Gasteiger partial charge in [-0.25, -0.2) is 0 Å². The summed E-state index contributed by atoms with van der Waals surface area (Å²) in [4.78, 5) is 0. The molecule has 0 saturated carbocycles. The van der Waals surface area contributed by atoms with E-state index in [9.17, 15) is 5.21 Å². The van der Waals surface area contributed by atoms with Gasteiger partial charge in [0.05, 0.1) is 19.6 Å². The number of nitrogens with one attached hydrogen (secondary N) is 1. The average molecular weight is 240 g/mol. The summed E-state index contributed by atoms with van der Waals surface area (Å²) < 4.78 is 10.8. The summed E-state index contributed by atoms with van der Waals surface area (Å²) in [5.41, 5.74) is 0.461. The Morgan fingerprint density at radius 2 is 2.29 bits per heavy atom. The summed E-state index contributed by atoms with van der Waals surface area (Å²) in [6.45, 7) is 0.513. The third kappa shape index (κ3) is 4.38. The smallest absolute Gasteiger partial charge is 0.202 e. The van der Waals surface area contributed by atoms with Crippen LogP contribution in [0.15, 0.2) is 18.3 Å². The highest BCUT2D eigenvalue weighted by Gasteiger charge is 2.10. The third-order valence-corrected chi connectivity index (χ3v) is 2.11. The number of aliphatic hydroxyl groups excluding tert-OH is 1. The average Bonchev–Trinajstić information content (AvgIpc) is 2.33. The minimum atomic E-state index is -0.352. The van der Waals surface area contributed by atoms with Crippen LogP contribution in [0.2, 0.25) is 0 Å². The highest BCUT2D eigenvalue weighted by atomic mass is 16.5. The van der Waals surface area contributed by atoms with E-state index in [1.165, 1.54) is 6.20 Å². The molecular weight excluding hydrogens is 224 g/mol. The number of pyridine rings is 1. The minimum Gasteiger partial charge on any atom is -0.618 e. The molecule has 0 radical (unpaired) electrons. The molecule has 0 amide bonds. The Morgan fingerprint density at radius 1 is 1.53 bits per heavy atom. The predicted octanol–water partition coefficient (Wildman–Crippen LogP) is -0.100. The van der Waals surface area contributed by atoms with E-state index in [0.29, 0.717) is 29.4 Å². The molecule has 0 atom stereocenters. The maximum absolute atomic E-state index is 11.4. The third-order valence-electron chi connectivity index (χ3n) is 2.11. The first-order valence-corrected chi connectivity index (χ1v) is 5.18. The highest BCUT2D eigenvalue weighted by molar-refractivity contribution is 5.83. The topological polar surface area (TPSA) is 89.5 Å². The van der Waals surface area contributed by atoms with Crippen molar-refractivity contribution in [3.63, 3.8) is 0 Å². The number of ether oxygens (including phenoxy) is 2. The van der Waals surface area contributed by atoms with Gasteiger partial charge in [-0.3, -0.25) is 0 Å². The summed E-state index contributed by atoms with van der Waals surface area (Å²) in [7, 11) is 1.58. The van der Waals surface area contributed by atoms with Crippen LogP contribution in [0.1, 0.15) is 5.69 Å². The van der Waals surface area contributed by atoms with Crippen LogP contribution in [0.3, 0.4) is 0 Å². The zero-order chi connectivity index (χ0) is 12.7. The van der Waals surface area contributed by atoms with Crippen LogP contribution in [0.5, 0.6) is 5.75 Å². The van der Waals surface area contributed by atoms with E-state index in [1.54, 1.807) is 19.2 Å². The van der Waals surface area contributed by atoms with Gasteiger partial charge in [0.2, 0.25) is 5.69 Å². The fourth-order valence-electron chi connectivity index (χ4n) is 1.25. The standard InChI is InChI=1S/C11H16N2O4/c1-16-4-5-17-11-2-3-13(15)10(7-11)6-9(12)8-14/h2-3,7,12,14H,4-6,8H2,1H3. The molecule has 0 fully saturated rings. The minimum absolute atomic E-state index is 0.0867. The summed E-state index contributed by atoms with van der Waals surface area (Å²) in [6.07, 6.45) is 1.43. The molecule has 0 bridgehead atoms. The first-order chi connectivity index (χ1) is 8.17. The molecular formula is C11H16N2O4. The normalized spacial score (nSPS) is 10.2. The molecule has 1 aromatic rings. The maximum atomic E-state index is 11.4. The van der Waals surface area contributed by atoms with Gasteiger partial charge < -0.3 is 25.2 Å². The molecule has 0 aliphatic rings. The molecule has 17 heavy (non-hydrogen) atoms. The number of nitrogens with zero attached hydrogens (tertiary/aromatic N) is 1. The van der Waals surface area contributed by atoms with E-state index in [4.69, 9.17) is 20.0 Å². The molecule has 1 heterocycles. The van der Waals surface area contributed by atoms with Gasteiger partial charge in [0.25, 0.3) is 0 Å². The van der Waals surface area contributed by atoms with Crippen molar-refractivity contribution < 1.29 is 19.3 Å². The van der Waals surface area contributed by atoms with Crippen LogP contribution in [0.25, 0.3) is 0 Å². The number of methoxy groups -OCH3 is 1. The van der Waals surface area contributed by atoms with Crippen molar-refractivity contribution in [3.05, 3.63) is 29.2 Å². The predicted molar refractivity (Wildman–Crippen MR) is 61.3 cm³/mol. The van der Waals surface area contributed by atoms with Gasteiger partial charge in [0, 0.05) is 25.0 Å². The molecule has 2 N–H and O–H groups in total. The Morgan fingerprint density at radius 3 is 2.94 bits per heavy atom. The van der Waals surface area contributed by atoms with Gasteiger partial charge in [-0.1, -0.05) is 0 Å². The molecule has 6 nitrogen and oxygen atoms in total. The largest absolute Gasteiger partial charge is 0.618 e. The van der Waals surface area contributed by atoms with Gasteiger partial charge in [-0.05, 0) is 0 Å². The zero-order valence-corrected chi connectivity index (χ0v) is 9.68. The SMILES string of the molecule is COCCOc1cc[n+]([O-])c(CC(=N)CO)c1. The molecule has 1 rings (SSSR count). The van der Waals surface area contributed by atoms with E-state index in [2.05, 4.69) is 0 Å². The monoisotopic (exact) mass is 240 g/mol. The van der Waals surface area contributed by atoms with Crippen LogP contribution in [0, 0.1) is 10.6 Å². The van der Waals surface area contributed by atoms with Crippen molar-refractivity contribution >= 4 is 5.71 Å².